The Morgan fingerprint density at radius 1 is 1.25 bits per heavy atom. The fourth-order valence-electron chi connectivity index (χ4n) is 2.55. The minimum atomic E-state index is -0.833. The average Bonchev–Trinajstić information content (AvgIpc) is 3.15. The summed E-state index contributed by atoms with van der Waals surface area (Å²) >= 11 is 1.44. The predicted molar refractivity (Wildman–Crippen MR) is 108 cm³/mol. The van der Waals surface area contributed by atoms with Crippen LogP contribution in [-0.2, 0) is 16.0 Å². The summed E-state index contributed by atoms with van der Waals surface area (Å²) < 4.78 is 6.95. The quantitative estimate of drug-likeness (QED) is 0.684. The van der Waals surface area contributed by atoms with Crippen LogP contribution in [0.2, 0.25) is 0 Å². The van der Waals surface area contributed by atoms with Crippen molar-refractivity contribution in [3.63, 3.8) is 0 Å². The number of aryl methyl sites for hydroxylation is 1. The van der Waals surface area contributed by atoms with Gasteiger partial charge in [-0.25, -0.2) is 9.31 Å². The molecule has 0 fully saturated rings. The summed E-state index contributed by atoms with van der Waals surface area (Å²) in [5, 5.41) is 11.5. The third-order valence-corrected chi connectivity index (χ3v) is 4.71. The largest absolute Gasteiger partial charge is 0.444 e. The van der Waals surface area contributed by atoms with Gasteiger partial charge in [0.25, 0.3) is 5.95 Å². The van der Waals surface area contributed by atoms with E-state index in [1.807, 2.05) is 42.6 Å². The van der Waals surface area contributed by atoms with Crippen molar-refractivity contribution in [2.24, 2.45) is 0 Å². The summed E-state index contributed by atoms with van der Waals surface area (Å²) in [6, 6.07) is 8.61. The van der Waals surface area contributed by atoms with Crippen molar-refractivity contribution >= 4 is 34.2 Å². The van der Waals surface area contributed by atoms with Gasteiger partial charge in [0.1, 0.15) is 11.6 Å². The zero-order chi connectivity index (χ0) is 20.3. The number of hydrogen-bond donors (Lipinski definition) is 2. The Hall–Kier alpha value is -2.94. The fourth-order valence-corrected chi connectivity index (χ4v) is 3.35. The maximum Gasteiger partial charge on any atom is 0.408 e. The molecule has 0 aliphatic carbocycles. The number of benzene rings is 1. The normalized spacial score (nSPS) is 12.6. The van der Waals surface area contributed by atoms with Crippen molar-refractivity contribution in [3.8, 4) is 0 Å². The molecule has 0 saturated heterocycles. The van der Waals surface area contributed by atoms with E-state index in [1.165, 1.54) is 11.3 Å². The molecular formula is C19H23N5O3S. The molecule has 0 saturated carbocycles. The Kier molecular flexibility index (Phi) is 5.64. The van der Waals surface area contributed by atoms with E-state index >= 15 is 0 Å². The van der Waals surface area contributed by atoms with Gasteiger partial charge in [-0.15, -0.1) is 16.4 Å². The number of nitrogens with one attached hydrogen (secondary N) is 2. The van der Waals surface area contributed by atoms with E-state index < -0.39 is 23.6 Å². The van der Waals surface area contributed by atoms with E-state index in [0.29, 0.717) is 11.4 Å². The second kappa shape index (κ2) is 7.97. The molecule has 0 aliphatic heterocycles. The van der Waals surface area contributed by atoms with Crippen LogP contribution in [0.4, 0.5) is 10.7 Å². The van der Waals surface area contributed by atoms with Gasteiger partial charge in [-0.05, 0) is 33.3 Å². The number of fused-ring (bicyclic) bond motifs is 1. The summed E-state index contributed by atoms with van der Waals surface area (Å²) in [5.74, 6) is -0.213. The Morgan fingerprint density at radius 2 is 1.96 bits per heavy atom. The van der Waals surface area contributed by atoms with E-state index in [-0.39, 0.29) is 5.95 Å². The van der Waals surface area contributed by atoms with Crippen LogP contribution >= 0.6 is 11.3 Å². The van der Waals surface area contributed by atoms with Gasteiger partial charge in [-0.3, -0.25) is 10.1 Å². The highest BCUT2D eigenvalue weighted by molar-refractivity contribution is 7.15. The monoisotopic (exact) mass is 401 g/mol. The third-order valence-electron chi connectivity index (χ3n) is 3.77. The standard InChI is InChI=1S/C19H23N5O3S/c1-12-11-28-17-22-16(23-24(12)17)21-15(25)14(10-13-8-6-5-7-9-13)20-18(26)27-19(2,3)4/h5-9,11,14H,10H2,1-4H3,(H,20,26)(H,21,23,25). The van der Waals surface area contributed by atoms with Crippen LogP contribution in [-0.4, -0.2) is 38.2 Å². The number of nitrogens with zero attached hydrogens (tertiary/aromatic N) is 3. The molecular weight excluding hydrogens is 378 g/mol. The number of anilines is 1. The molecule has 0 bridgehead atoms. The first-order valence-electron chi connectivity index (χ1n) is 8.86. The second-order valence-corrected chi connectivity index (χ2v) is 8.22. The molecule has 8 nitrogen and oxygen atoms in total. The second-order valence-electron chi connectivity index (χ2n) is 7.38. The highest BCUT2D eigenvalue weighted by Gasteiger charge is 2.25. The molecule has 2 aromatic heterocycles. The molecule has 3 aromatic rings. The van der Waals surface area contributed by atoms with E-state index in [2.05, 4.69) is 20.7 Å². The summed E-state index contributed by atoms with van der Waals surface area (Å²) in [6.07, 6.45) is -0.342. The van der Waals surface area contributed by atoms with Crippen LogP contribution in [0.25, 0.3) is 4.96 Å². The molecule has 2 heterocycles. The van der Waals surface area contributed by atoms with Gasteiger partial charge in [0, 0.05) is 11.8 Å². The van der Waals surface area contributed by atoms with Crippen molar-refractivity contribution in [1.82, 2.24) is 19.9 Å². The Balaban J connectivity index is 1.75. The van der Waals surface area contributed by atoms with Crippen molar-refractivity contribution in [2.75, 3.05) is 5.32 Å². The highest BCUT2D eigenvalue weighted by atomic mass is 32.1. The minimum absolute atomic E-state index is 0.198. The van der Waals surface area contributed by atoms with Gasteiger partial charge in [0.05, 0.1) is 5.69 Å². The molecule has 0 aliphatic rings. The molecule has 2 amide bonds. The first kappa shape index (κ1) is 19.8. The third kappa shape index (κ3) is 5.07. The SMILES string of the molecule is Cc1csc2nc(NC(=O)C(Cc3ccccc3)NC(=O)OC(C)(C)C)nn12. The minimum Gasteiger partial charge on any atom is -0.444 e. The zero-order valence-corrected chi connectivity index (χ0v) is 17.0. The van der Waals surface area contributed by atoms with Gasteiger partial charge in [-0.1, -0.05) is 30.3 Å². The van der Waals surface area contributed by atoms with Gasteiger partial charge >= 0.3 is 6.09 Å². The number of rotatable bonds is 5. The fraction of sp³-hybridized carbons (Fsp3) is 0.368. The van der Waals surface area contributed by atoms with Gasteiger partial charge in [0.15, 0.2) is 0 Å². The Bertz CT molecular complexity index is 975. The number of aromatic nitrogens is 3. The van der Waals surface area contributed by atoms with E-state index in [1.54, 1.807) is 25.3 Å². The molecule has 1 aromatic carbocycles. The number of alkyl carbamates (subject to hydrolysis) is 1. The van der Waals surface area contributed by atoms with Crippen LogP contribution < -0.4 is 10.6 Å². The first-order chi connectivity index (χ1) is 13.2. The number of carbonyl (C=O) groups excluding carboxylic acids is 2. The van der Waals surface area contributed by atoms with Crippen molar-refractivity contribution in [3.05, 3.63) is 47.0 Å². The van der Waals surface area contributed by atoms with Gasteiger partial charge in [0.2, 0.25) is 10.9 Å². The maximum atomic E-state index is 12.8. The number of amides is 2. The lowest BCUT2D eigenvalue weighted by Gasteiger charge is -2.23. The lowest BCUT2D eigenvalue weighted by Crippen LogP contribution is -2.47. The number of thiazole rings is 1. The smallest absolute Gasteiger partial charge is 0.408 e. The Morgan fingerprint density at radius 3 is 2.61 bits per heavy atom. The maximum absolute atomic E-state index is 12.8. The lowest BCUT2D eigenvalue weighted by atomic mass is 10.1. The van der Waals surface area contributed by atoms with Crippen LogP contribution in [0, 0.1) is 6.92 Å². The van der Waals surface area contributed by atoms with E-state index in [0.717, 1.165) is 11.3 Å². The van der Waals surface area contributed by atoms with E-state index in [9.17, 15) is 9.59 Å². The van der Waals surface area contributed by atoms with Gasteiger partial charge in [-0.2, -0.15) is 4.98 Å². The highest BCUT2D eigenvalue weighted by Crippen LogP contribution is 2.16. The first-order valence-corrected chi connectivity index (χ1v) is 9.74. The molecule has 3 rings (SSSR count). The molecule has 0 radical (unpaired) electrons. The molecule has 9 heteroatoms. The summed E-state index contributed by atoms with van der Waals surface area (Å²) in [5.41, 5.74) is 1.18. The predicted octanol–water partition coefficient (Wildman–Crippen LogP) is 3.17. The topological polar surface area (TPSA) is 97.6 Å². The average molecular weight is 401 g/mol. The van der Waals surface area contributed by atoms with Crippen LogP contribution in [0.5, 0.6) is 0 Å². The van der Waals surface area contributed by atoms with Gasteiger partial charge < -0.3 is 10.1 Å². The molecule has 28 heavy (non-hydrogen) atoms. The number of carbonyl (C=O) groups is 2. The number of hydrogen-bond acceptors (Lipinski definition) is 6. The van der Waals surface area contributed by atoms with Crippen LogP contribution in [0.1, 0.15) is 32.0 Å². The Labute approximate surface area is 166 Å². The van der Waals surface area contributed by atoms with Crippen molar-refractivity contribution in [1.29, 1.82) is 0 Å². The van der Waals surface area contributed by atoms with Crippen molar-refractivity contribution < 1.29 is 14.3 Å². The van der Waals surface area contributed by atoms with E-state index in [4.69, 9.17) is 4.74 Å². The van der Waals surface area contributed by atoms with Crippen molar-refractivity contribution in [2.45, 2.75) is 45.8 Å². The molecule has 1 unspecified atom stereocenters. The zero-order valence-electron chi connectivity index (χ0n) is 16.2. The summed E-state index contributed by atoms with van der Waals surface area (Å²) in [6.45, 7) is 7.21. The lowest BCUT2D eigenvalue weighted by molar-refractivity contribution is -0.118. The molecule has 1 atom stereocenters. The summed E-state index contributed by atoms with van der Waals surface area (Å²) in [4.78, 5) is 30.0. The molecule has 148 valence electrons. The molecule has 0 spiro atoms. The van der Waals surface area contributed by atoms with Crippen LogP contribution in [0.15, 0.2) is 35.7 Å². The van der Waals surface area contributed by atoms with Crippen LogP contribution in [0.3, 0.4) is 0 Å². The number of ether oxygens (including phenoxy) is 1. The summed E-state index contributed by atoms with van der Waals surface area (Å²) in [7, 11) is 0. The molecule has 2 N–H and O–H groups in total.